The molecule has 0 aliphatic carbocycles. The van der Waals surface area contributed by atoms with Gasteiger partial charge in [-0.3, -0.25) is 5.10 Å². The Morgan fingerprint density at radius 3 is 2.70 bits per heavy atom. The van der Waals surface area contributed by atoms with Gasteiger partial charge in [0.05, 0.1) is 11.3 Å². The molecule has 0 saturated heterocycles. The van der Waals surface area contributed by atoms with E-state index in [-0.39, 0.29) is 0 Å². The number of hydrogen-bond donors (Lipinski definition) is 2. The summed E-state index contributed by atoms with van der Waals surface area (Å²) in [7, 11) is 0. The lowest BCUT2D eigenvalue weighted by molar-refractivity contribution is 0.587. The van der Waals surface area contributed by atoms with Crippen molar-refractivity contribution in [1.29, 1.82) is 0 Å². The number of hydrogen-bond acceptors (Lipinski definition) is 3. The van der Waals surface area contributed by atoms with Gasteiger partial charge in [-0.2, -0.15) is 9.49 Å². The number of halogens is 1. The van der Waals surface area contributed by atoms with Gasteiger partial charge < -0.3 is 5.32 Å². The fraction of sp³-hybridized carbons (Fsp3) is 0.0667. The molecule has 1 aromatic carbocycles. The van der Waals surface area contributed by atoms with Crippen molar-refractivity contribution in [3.05, 3.63) is 60.2 Å². The Kier molecular flexibility index (Phi) is 3.16. The van der Waals surface area contributed by atoms with E-state index < -0.39 is 5.95 Å². The van der Waals surface area contributed by atoms with Gasteiger partial charge >= 0.3 is 0 Å². The normalized spacial score (nSPS) is 10.5. The van der Waals surface area contributed by atoms with Crippen LogP contribution in [0.5, 0.6) is 0 Å². The minimum Gasteiger partial charge on any atom is -0.339 e. The first-order valence-electron chi connectivity index (χ1n) is 6.22. The lowest BCUT2D eigenvalue weighted by atomic mass is 10.2. The summed E-state index contributed by atoms with van der Waals surface area (Å²) >= 11 is 0. The Hall–Kier alpha value is -2.69. The molecule has 0 aliphatic heterocycles. The minimum absolute atomic E-state index is 0.400. The Labute approximate surface area is 115 Å². The average molecular weight is 268 g/mol. The third-order valence-corrected chi connectivity index (χ3v) is 2.95. The van der Waals surface area contributed by atoms with Crippen molar-refractivity contribution < 1.29 is 4.39 Å². The van der Waals surface area contributed by atoms with Crippen molar-refractivity contribution in [3.63, 3.8) is 0 Å². The predicted molar refractivity (Wildman–Crippen MR) is 76.2 cm³/mol. The zero-order valence-electron chi connectivity index (χ0n) is 10.9. The van der Waals surface area contributed by atoms with Crippen LogP contribution >= 0.6 is 0 Å². The number of nitrogens with zero attached hydrogens (tertiary/aromatic N) is 2. The zero-order chi connectivity index (χ0) is 13.9. The molecule has 2 aromatic heterocycles. The number of anilines is 2. The first-order chi connectivity index (χ1) is 9.72. The average Bonchev–Trinajstić information content (AvgIpc) is 2.90. The van der Waals surface area contributed by atoms with Crippen LogP contribution in [0.4, 0.5) is 15.9 Å². The molecule has 4 nitrogen and oxygen atoms in total. The summed E-state index contributed by atoms with van der Waals surface area (Å²) in [6, 6.07) is 13.0. The highest BCUT2D eigenvalue weighted by atomic mass is 19.1. The fourth-order valence-electron chi connectivity index (χ4n) is 1.90. The lowest BCUT2D eigenvalue weighted by Gasteiger charge is -2.02. The van der Waals surface area contributed by atoms with Gasteiger partial charge in [-0.25, -0.2) is 4.98 Å². The minimum atomic E-state index is -0.516. The van der Waals surface area contributed by atoms with Crippen LogP contribution in [-0.4, -0.2) is 15.2 Å². The van der Waals surface area contributed by atoms with Crippen LogP contribution in [0.1, 0.15) is 5.56 Å². The monoisotopic (exact) mass is 268 g/mol. The van der Waals surface area contributed by atoms with E-state index in [1.54, 1.807) is 18.2 Å². The number of benzene rings is 1. The fourth-order valence-corrected chi connectivity index (χ4v) is 1.90. The standard InChI is InChI=1S/C15H13FN4/c1-10-4-6-11(7-5-10)18-14-9-13(19-20-14)12-3-2-8-17-15(12)16/h2-9H,1H3,(H2,18,19,20). The number of pyridine rings is 1. The van der Waals surface area contributed by atoms with Crippen molar-refractivity contribution in [2.75, 3.05) is 5.32 Å². The molecule has 0 bridgehead atoms. The van der Waals surface area contributed by atoms with Crippen molar-refractivity contribution in [2.45, 2.75) is 6.92 Å². The maximum absolute atomic E-state index is 13.6. The molecule has 2 N–H and O–H groups in total. The van der Waals surface area contributed by atoms with Crippen LogP contribution in [-0.2, 0) is 0 Å². The summed E-state index contributed by atoms with van der Waals surface area (Å²) in [5.74, 6) is 0.116. The van der Waals surface area contributed by atoms with E-state index in [1.165, 1.54) is 11.8 Å². The first kappa shape index (κ1) is 12.3. The third-order valence-electron chi connectivity index (χ3n) is 2.95. The number of H-pyrrole nitrogens is 1. The summed E-state index contributed by atoms with van der Waals surface area (Å²) in [6.45, 7) is 2.03. The Balaban J connectivity index is 1.84. The van der Waals surface area contributed by atoms with E-state index in [9.17, 15) is 4.39 Å². The molecular weight excluding hydrogens is 255 g/mol. The van der Waals surface area contributed by atoms with Crippen LogP contribution in [0, 0.1) is 12.9 Å². The van der Waals surface area contributed by atoms with Crippen molar-refractivity contribution in [2.24, 2.45) is 0 Å². The van der Waals surface area contributed by atoms with Crippen LogP contribution in [0.15, 0.2) is 48.7 Å². The summed E-state index contributed by atoms with van der Waals surface area (Å²) in [5, 5.41) is 10.1. The molecule has 0 amide bonds. The Morgan fingerprint density at radius 1 is 1.15 bits per heavy atom. The van der Waals surface area contributed by atoms with E-state index in [0.29, 0.717) is 17.1 Å². The Morgan fingerprint density at radius 2 is 1.95 bits per heavy atom. The molecule has 3 rings (SSSR count). The molecule has 20 heavy (non-hydrogen) atoms. The molecule has 0 spiro atoms. The van der Waals surface area contributed by atoms with Crippen LogP contribution in [0.25, 0.3) is 11.3 Å². The summed E-state index contributed by atoms with van der Waals surface area (Å²) in [5.41, 5.74) is 3.11. The van der Waals surface area contributed by atoms with E-state index in [1.807, 2.05) is 31.2 Å². The molecule has 0 radical (unpaired) electrons. The van der Waals surface area contributed by atoms with Gasteiger partial charge in [0.25, 0.3) is 0 Å². The van der Waals surface area contributed by atoms with Gasteiger partial charge in [0, 0.05) is 18.0 Å². The van der Waals surface area contributed by atoms with E-state index in [0.717, 1.165) is 5.69 Å². The number of aryl methyl sites for hydroxylation is 1. The van der Waals surface area contributed by atoms with E-state index >= 15 is 0 Å². The lowest BCUT2D eigenvalue weighted by Crippen LogP contribution is -1.89. The van der Waals surface area contributed by atoms with Crippen molar-refractivity contribution in [3.8, 4) is 11.3 Å². The summed E-state index contributed by atoms with van der Waals surface area (Å²) < 4.78 is 13.6. The van der Waals surface area contributed by atoms with E-state index in [4.69, 9.17) is 0 Å². The van der Waals surface area contributed by atoms with Gasteiger partial charge in [-0.1, -0.05) is 17.7 Å². The van der Waals surface area contributed by atoms with Crippen LogP contribution in [0.2, 0.25) is 0 Å². The smallest absolute Gasteiger partial charge is 0.222 e. The highest BCUT2D eigenvalue weighted by Gasteiger charge is 2.08. The second-order valence-electron chi connectivity index (χ2n) is 4.50. The number of nitrogens with one attached hydrogen (secondary N) is 2. The largest absolute Gasteiger partial charge is 0.339 e. The maximum atomic E-state index is 13.6. The summed E-state index contributed by atoms with van der Waals surface area (Å²) in [6.07, 6.45) is 1.42. The van der Waals surface area contributed by atoms with Gasteiger partial charge in [0.2, 0.25) is 5.95 Å². The summed E-state index contributed by atoms with van der Waals surface area (Å²) in [4.78, 5) is 3.62. The third kappa shape index (κ3) is 2.51. The molecule has 0 atom stereocenters. The molecule has 0 fully saturated rings. The number of rotatable bonds is 3. The molecule has 0 unspecified atom stereocenters. The SMILES string of the molecule is Cc1ccc(Nc2cc(-c3cccnc3F)[nH]n2)cc1. The van der Waals surface area contributed by atoms with Gasteiger partial charge in [-0.15, -0.1) is 0 Å². The maximum Gasteiger partial charge on any atom is 0.222 e. The van der Waals surface area contributed by atoms with Crippen LogP contribution < -0.4 is 5.32 Å². The first-order valence-corrected chi connectivity index (χ1v) is 6.22. The number of aromatic nitrogens is 3. The molecule has 2 heterocycles. The highest BCUT2D eigenvalue weighted by Crippen LogP contribution is 2.23. The molecule has 5 heteroatoms. The molecular formula is C15H13FN4. The second kappa shape index (κ2) is 5.13. The van der Waals surface area contributed by atoms with Crippen LogP contribution in [0.3, 0.4) is 0 Å². The highest BCUT2D eigenvalue weighted by molar-refractivity contribution is 5.65. The molecule has 100 valence electrons. The van der Waals surface area contributed by atoms with Crippen molar-refractivity contribution >= 4 is 11.5 Å². The van der Waals surface area contributed by atoms with E-state index in [2.05, 4.69) is 20.5 Å². The van der Waals surface area contributed by atoms with Gasteiger partial charge in [-0.05, 0) is 31.2 Å². The molecule has 3 aromatic rings. The second-order valence-corrected chi connectivity index (χ2v) is 4.50. The van der Waals surface area contributed by atoms with Gasteiger partial charge in [0.15, 0.2) is 5.82 Å². The van der Waals surface area contributed by atoms with Crippen molar-refractivity contribution in [1.82, 2.24) is 15.2 Å². The molecule has 0 aliphatic rings. The Bertz CT molecular complexity index is 719. The zero-order valence-corrected chi connectivity index (χ0v) is 10.9. The topological polar surface area (TPSA) is 53.6 Å². The quantitative estimate of drug-likeness (QED) is 0.713. The number of aromatic amines is 1. The van der Waals surface area contributed by atoms with Gasteiger partial charge in [0.1, 0.15) is 0 Å². The predicted octanol–water partition coefficient (Wildman–Crippen LogP) is 3.66. The molecule has 0 saturated carbocycles.